The van der Waals surface area contributed by atoms with Crippen molar-refractivity contribution in [2.45, 2.75) is 24.8 Å². The van der Waals surface area contributed by atoms with E-state index in [1.165, 1.54) is 35.6 Å². The van der Waals surface area contributed by atoms with Crippen LogP contribution in [0.5, 0.6) is 0 Å². The molecule has 0 N–H and O–H groups in total. The Labute approximate surface area is 181 Å². The van der Waals surface area contributed by atoms with Crippen molar-refractivity contribution in [3.05, 3.63) is 56.3 Å². The first kappa shape index (κ1) is 21.3. The largest absolute Gasteiger partial charge is 0.315 e. The SMILES string of the molecule is CCn1c(=NC(=O)CCS(=O)(=O)c2ccc(Cl)cc2)sc2ccc(Cl)c(Cl)c21. The van der Waals surface area contributed by atoms with Crippen LogP contribution in [0.3, 0.4) is 0 Å². The lowest BCUT2D eigenvalue weighted by molar-refractivity contribution is -0.117. The first-order valence-corrected chi connectivity index (χ1v) is 11.9. The highest BCUT2D eigenvalue weighted by Gasteiger charge is 2.17. The highest BCUT2D eigenvalue weighted by molar-refractivity contribution is 7.91. The third kappa shape index (κ3) is 4.44. The maximum atomic E-state index is 12.4. The number of aryl methyl sites for hydroxylation is 1. The van der Waals surface area contributed by atoms with Crippen LogP contribution in [0.25, 0.3) is 10.2 Å². The van der Waals surface area contributed by atoms with Gasteiger partial charge in [0, 0.05) is 18.0 Å². The van der Waals surface area contributed by atoms with E-state index in [2.05, 4.69) is 4.99 Å². The number of rotatable bonds is 5. The van der Waals surface area contributed by atoms with Crippen molar-refractivity contribution in [3.63, 3.8) is 0 Å². The van der Waals surface area contributed by atoms with Crippen molar-refractivity contribution < 1.29 is 13.2 Å². The van der Waals surface area contributed by atoms with E-state index in [1.54, 1.807) is 10.6 Å². The molecule has 2 aromatic carbocycles. The third-order valence-corrected chi connectivity index (χ3v) is 7.85. The van der Waals surface area contributed by atoms with Crippen LogP contribution in [0.15, 0.2) is 46.3 Å². The Morgan fingerprint density at radius 3 is 2.43 bits per heavy atom. The molecule has 1 heterocycles. The summed E-state index contributed by atoms with van der Waals surface area (Å²) in [6, 6.07) is 9.33. The predicted octanol–water partition coefficient (Wildman–Crippen LogP) is 4.97. The standard InChI is InChI=1S/C18H15Cl3N2O3S2/c1-2-23-17-14(8-7-13(20)16(17)21)27-18(23)22-15(24)9-10-28(25,26)12-5-3-11(19)4-6-12/h3-8H,2,9-10H2,1H3. The van der Waals surface area contributed by atoms with Crippen LogP contribution in [0.2, 0.25) is 15.1 Å². The van der Waals surface area contributed by atoms with Gasteiger partial charge in [0.05, 0.1) is 30.9 Å². The summed E-state index contributed by atoms with van der Waals surface area (Å²) in [5.41, 5.74) is 0.710. The van der Waals surface area contributed by atoms with E-state index < -0.39 is 15.7 Å². The number of carbonyl (C=O) groups is 1. The summed E-state index contributed by atoms with van der Waals surface area (Å²) in [5, 5.41) is 1.26. The molecule has 0 spiro atoms. The fourth-order valence-corrected chi connectivity index (χ4v) is 5.58. The Balaban J connectivity index is 1.87. The highest BCUT2D eigenvalue weighted by Crippen LogP contribution is 2.32. The van der Waals surface area contributed by atoms with Crippen LogP contribution in [0.1, 0.15) is 13.3 Å². The summed E-state index contributed by atoms with van der Waals surface area (Å²) in [5.74, 6) is -0.853. The molecule has 148 valence electrons. The summed E-state index contributed by atoms with van der Waals surface area (Å²) >= 11 is 19.5. The van der Waals surface area contributed by atoms with Crippen molar-refractivity contribution in [2.75, 3.05) is 5.75 Å². The minimum absolute atomic E-state index is 0.122. The summed E-state index contributed by atoms with van der Waals surface area (Å²) in [7, 11) is -3.60. The van der Waals surface area contributed by atoms with Gasteiger partial charge in [0.25, 0.3) is 0 Å². The van der Waals surface area contributed by atoms with Crippen LogP contribution < -0.4 is 4.80 Å². The molecule has 0 saturated heterocycles. The number of aromatic nitrogens is 1. The maximum Gasteiger partial charge on any atom is 0.249 e. The van der Waals surface area contributed by atoms with E-state index in [9.17, 15) is 13.2 Å². The molecule has 0 saturated carbocycles. The summed E-state index contributed by atoms with van der Waals surface area (Å²) in [6.07, 6.45) is -0.225. The average molecular weight is 478 g/mol. The molecule has 0 radical (unpaired) electrons. The molecule has 0 bridgehead atoms. The molecule has 1 aromatic heterocycles. The van der Waals surface area contributed by atoms with Gasteiger partial charge in [-0.1, -0.05) is 46.1 Å². The Bertz CT molecular complexity index is 1210. The van der Waals surface area contributed by atoms with E-state index in [4.69, 9.17) is 34.8 Å². The Morgan fingerprint density at radius 2 is 1.79 bits per heavy atom. The van der Waals surface area contributed by atoms with Crippen molar-refractivity contribution in [3.8, 4) is 0 Å². The van der Waals surface area contributed by atoms with Gasteiger partial charge < -0.3 is 4.57 Å². The number of halogens is 3. The molecule has 0 aliphatic rings. The fourth-order valence-electron chi connectivity index (χ4n) is 2.63. The number of nitrogens with zero attached hydrogens (tertiary/aromatic N) is 2. The number of carbonyl (C=O) groups excluding carboxylic acids is 1. The van der Waals surface area contributed by atoms with Gasteiger partial charge in [0.2, 0.25) is 5.91 Å². The fraction of sp³-hybridized carbons (Fsp3) is 0.222. The second-order valence-electron chi connectivity index (χ2n) is 5.87. The Morgan fingerprint density at radius 1 is 1.11 bits per heavy atom. The van der Waals surface area contributed by atoms with Gasteiger partial charge in [-0.15, -0.1) is 0 Å². The molecule has 0 aliphatic carbocycles. The molecule has 3 rings (SSSR count). The Hall–Kier alpha value is -1.38. The van der Waals surface area contributed by atoms with Crippen LogP contribution in [-0.4, -0.2) is 24.6 Å². The van der Waals surface area contributed by atoms with Crippen LogP contribution in [-0.2, 0) is 21.2 Å². The third-order valence-electron chi connectivity index (χ3n) is 4.03. The molecule has 10 heteroatoms. The maximum absolute atomic E-state index is 12.4. The molecule has 0 fully saturated rings. The molecular weight excluding hydrogens is 463 g/mol. The number of fused-ring (bicyclic) bond motifs is 1. The molecule has 1 amide bonds. The van der Waals surface area contributed by atoms with E-state index in [0.717, 1.165) is 4.70 Å². The van der Waals surface area contributed by atoms with E-state index in [0.29, 0.717) is 31.9 Å². The Kier molecular flexibility index (Phi) is 6.51. The summed E-state index contributed by atoms with van der Waals surface area (Å²) < 4.78 is 27.4. The zero-order chi connectivity index (χ0) is 20.5. The van der Waals surface area contributed by atoms with E-state index >= 15 is 0 Å². The smallest absolute Gasteiger partial charge is 0.249 e. The first-order valence-electron chi connectivity index (χ1n) is 8.26. The first-order chi connectivity index (χ1) is 13.2. The second-order valence-corrected chi connectivity index (χ2v) is 10.2. The van der Waals surface area contributed by atoms with Gasteiger partial charge in [-0.3, -0.25) is 4.79 Å². The molecule has 0 unspecified atom stereocenters. The predicted molar refractivity (Wildman–Crippen MR) is 114 cm³/mol. The topological polar surface area (TPSA) is 68.5 Å². The summed E-state index contributed by atoms with van der Waals surface area (Å²) in [6.45, 7) is 2.44. The minimum atomic E-state index is -3.60. The molecule has 0 atom stereocenters. The zero-order valence-corrected chi connectivity index (χ0v) is 18.6. The number of hydrogen-bond donors (Lipinski definition) is 0. The number of amides is 1. The zero-order valence-electron chi connectivity index (χ0n) is 14.7. The van der Waals surface area contributed by atoms with Crippen molar-refractivity contribution in [2.24, 2.45) is 4.99 Å². The lowest BCUT2D eigenvalue weighted by Crippen LogP contribution is -2.17. The molecule has 28 heavy (non-hydrogen) atoms. The van der Waals surface area contributed by atoms with Crippen molar-refractivity contribution in [1.29, 1.82) is 0 Å². The van der Waals surface area contributed by atoms with Crippen LogP contribution in [0.4, 0.5) is 0 Å². The van der Waals surface area contributed by atoms with Gasteiger partial charge >= 0.3 is 0 Å². The van der Waals surface area contributed by atoms with Crippen molar-refractivity contribution >= 4 is 72.1 Å². The average Bonchev–Trinajstić information content (AvgIpc) is 3.01. The number of sulfone groups is 1. The van der Waals surface area contributed by atoms with E-state index in [-0.39, 0.29) is 17.1 Å². The number of benzene rings is 2. The summed E-state index contributed by atoms with van der Waals surface area (Å²) in [4.78, 5) is 17.0. The number of thiazole rings is 1. The molecule has 3 aromatic rings. The minimum Gasteiger partial charge on any atom is -0.315 e. The van der Waals surface area contributed by atoms with E-state index in [1.807, 2.05) is 13.0 Å². The number of hydrogen-bond acceptors (Lipinski definition) is 4. The molecular formula is C18H15Cl3N2O3S2. The highest BCUT2D eigenvalue weighted by atomic mass is 35.5. The lowest BCUT2D eigenvalue weighted by Gasteiger charge is -2.04. The lowest BCUT2D eigenvalue weighted by atomic mass is 10.3. The van der Waals surface area contributed by atoms with Gasteiger partial charge in [0.1, 0.15) is 0 Å². The van der Waals surface area contributed by atoms with Crippen LogP contribution in [0, 0.1) is 0 Å². The quantitative estimate of drug-likeness (QED) is 0.521. The van der Waals surface area contributed by atoms with Gasteiger partial charge in [-0.2, -0.15) is 4.99 Å². The van der Waals surface area contributed by atoms with Crippen LogP contribution >= 0.6 is 46.1 Å². The van der Waals surface area contributed by atoms with Gasteiger partial charge in [0.15, 0.2) is 14.6 Å². The van der Waals surface area contributed by atoms with Gasteiger partial charge in [-0.25, -0.2) is 8.42 Å². The molecule has 5 nitrogen and oxygen atoms in total. The second kappa shape index (κ2) is 8.55. The van der Waals surface area contributed by atoms with Gasteiger partial charge in [-0.05, 0) is 43.3 Å². The normalized spacial score (nSPS) is 12.6. The monoisotopic (exact) mass is 476 g/mol. The van der Waals surface area contributed by atoms with Crippen molar-refractivity contribution in [1.82, 2.24) is 4.57 Å². The molecule has 0 aliphatic heterocycles.